The first-order chi connectivity index (χ1) is 13.5. The third-order valence-electron chi connectivity index (χ3n) is 4.89. The van der Waals surface area contributed by atoms with Crippen molar-refractivity contribution in [3.63, 3.8) is 0 Å². The average molecular weight is 380 g/mol. The van der Waals surface area contributed by atoms with Crippen LogP contribution in [-0.2, 0) is 9.59 Å². The van der Waals surface area contributed by atoms with Crippen molar-refractivity contribution in [1.82, 2.24) is 5.01 Å². The minimum Gasteiger partial charge on any atom is -0.481 e. The smallest absolute Gasteiger partial charge is 0.303 e. The molecule has 0 unspecified atom stereocenters. The Kier molecular flexibility index (Phi) is 4.73. The average Bonchev–Trinajstić information content (AvgIpc) is 3.33. The Balaban J connectivity index is 1.64. The van der Waals surface area contributed by atoms with Gasteiger partial charge >= 0.3 is 5.97 Å². The molecule has 7 heteroatoms. The van der Waals surface area contributed by atoms with Crippen molar-refractivity contribution < 1.29 is 24.2 Å². The van der Waals surface area contributed by atoms with E-state index in [1.165, 1.54) is 5.01 Å². The van der Waals surface area contributed by atoms with Crippen molar-refractivity contribution in [2.24, 2.45) is 5.10 Å². The molecule has 1 N–H and O–H groups in total. The number of rotatable bonds is 5. The number of carboxylic acids is 1. The topological polar surface area (TPSA) is 88.4 Å². The highest BCUT2D eigenvalue weighted by Gasteiger charge is 2.33. The van der Waals surface area contributed by atoms with Gasteiger partial charge in [0.1, 0.15) is 0 Å². The normalized spacial score (nSPS) is 17.5. The molecule has 0 bridgehead atoms. The maximum atomic E-state index is 12.7. The summed E-state index contributed by atoms with van der Waals surface area (Å²) in [6.07, 6.45) is 0.238. The number of hydrogen-bond donors (Lipinski definition) is 1. The monoisotopic (exact) mass is 380 g/mol. The predicted molar refractivity (Wildman–Crippen MR) is 101 cm³/mol. The first-order valence-electron chi connectivity index (χ1n) is 9.09. The highest BCUT2D eigenvalue weighted by molar-refractivity contribution is 6.03. The van der Waals surface area contributed by atoms with E-state index in [1.54, 1.807) is 0 Å². The molecule has 2 aliphatic heterocycles. The molecule has 2 heterocycles. The molecule has 0 saturated carbocycles. The summed E-state index contributed by atoms with van der Waals surface area (Å²) in [5, 5.41) is 14.9. The van der Waals surface area contributed by atoms with Gasteiger partial charge in [-0.2, -0.15) is 5.10 Å². The Bertz CT molecular complexity index is 952. The maximum absolute atomic E-state index is 12.7. The predicted octanol–water partition coefficient (Wildman–Crippen LogP) is 3.27. The van der Waals surface area contributed by atoms with Gasteiger partial charge in [0.25, 0.3) is 0 Å². The van der Waals surface area contributed by atoms with Crippen LogP contribution >= 0.6 is 0 Å². The second-order valence-corrected chi connectivity index (χ2v) is 6.88. The Labute approximate surface area is 162 Å². The largest absolute Gasteiger partial charge is 0.481 e. The molecule has 4 rings (SSSR count). The first kappa shape index (κ1) is 18.0. The van der Waals surface area contributed by atoms with Crippen LogP contribution in [0.25, 0.3) is 0 Å². The fourth-order valence-electron chi connectivity index (χ4n) is 3.37. The number of fused-ring (bicyclic) bond motifs is 1. The molecular formula is C21H20N2O5. The number of hydrazone groups is 1. The molecule has 0 fully saturated rings. The number of carbonyl (C=O) groups is 2. The number of ether oxygens (including phenoxy) is 2. The number of aliphatic carboxylic acids is 1. The molecular weight excluding hydrogens is 360 g/mol. The van der Waals surface area contributed by atoms with Gasteiger partial charge in [0, 0.05) is 18.4 Å². The summed E-state index contributed by atoms with van der Waals surface area (Å²) in [5.74, 6) is 0.0395. The Hall–Kier alpha value is -3.35. The van der Waals surface area contributed by atoms with Crippen molar-refractivity contribution >= 4 is 17.6 Å². The molecule has 0 saturated heterocycles. The maximum Gasteiger partial charge on any atom is 0.303 e. The molecule has 2 aromatic carbocycles. The minimum atomic E-state index is -1.00. The van der Waals surface area contributed by atoms with E-state index in [2.05, 4.69) is 5.10 Å². The van der Waals surface area contributed by atoms with Gasteiger partial charge in [-0.25, -0.2) is 5.01 Å². The van der Waals surface area contributed by atoms with Gasteiger partial charge in [0.15, 0.2) is 11.5 Å². The highest BCUT2D eigenvalue weighted by atomic mass is 16.7. The van der Waals surface area contributed by atoms with Gasteiger partial charge in [0.05, 0.1) is 18.2 Å². The lowest BCUT2D eigenvalue weighted by molar-refractivity contribution is -0.141. The molecule has 144 valence electrons. The van der Waals surface area contributed by atoms with Crippen LogP contribution in [0.4, 0.5) is 0 Å². The van der Waals surface area contributed by atoms with E-state index < -0.39 is 5.97 Å². The fraction of sp³-hybridized carbons (Fsp3) is 0.286. The van der Waals surface area contributed by atoms with Crippen molar-refractivity contribution in [3.8, 4) is 11.5 Å². The number of carbonyl (C=O) groups excluding carboxylic acids is 1. The van der Waals surface area contributed by atoms with Crippen molar-refractivity contribution in [2.45, 2.75) is 32.2 Å². The first-order valence-corrected chi connectivity index (χ1v) is 9.09. The molecule has 7 nitrogen and oxygen atoms in total. The number of benzene rings is 2. The summed E-state index contributed by atoms with van der Waals surface area (Å²) >= 11 is 0. The Morgan fingerprint density at radius 1 is 1.11 bits per heavy atom. The zero-order valence-electron chi connectivity index (χ0n) is 15.4. The third kappa shape index (κ3) is 3.55. The van der Waals surface area contributed by atoms with Crippen molar-refractivity contribution in [2.75, 3.05) is 6.79 Å². The second-order valence-electron chi connectivity index (χ2n) is 6.88. The summed E-state index contributed by atoms with van der Waals surface area (Å²) in [4.78, 5) is 23.5. The van der Waals surface area contributed by atoms with E-state index in [1.807, 2.05) is 49.4 Å². The van der Waals surface area contributed by atoms with Crippen LogP contribution in [0.2, 0.25) is 0 Å². The quantitative estimate of drug-likeness (QED) is 0.860. The molecule has 2 aromatic rings. The molecule has 1 atom stereocenters. The van der Waals surface area contributed by atoms with Crippen LogP contribution in [-0.4, -0.2) is 34.5 Å². The van der Waals surface area contributed by atoms with Gasteiger partial charge in [-0.15, -0.1) is 0 Å². The van der Waals surface area contributed by atoms with E-state index in [4.69, 9.17) is 14.6 Å². The van der Waals surface area contributed by atoms with Crippen molar-refractivity contribution in [1.29, 1.82) is 0 Å². The molecule has 28 heavy (non-hydrogen) atoms. The zero-order chi connectivity index (χ0) is 19.7. The molecule has 0 spiro atoms. The van der Waals surface area contributed by atoms with Crippen molar-refractivity contribution in [3.05, 3.63) is 59.2 Å². The summed E-state index contributed by atoms with van der Waals surface area (Å²) in [6, 6.07) is 13.3. The van der Waals surface area contributed by atoms with E-state index in [0.717, 1.165) is 22.4 Å². The van der Waals surface area contributed by atoms with Crippen LogP contribution < -0.4 is 9.47 Å². The van der Waals surface area contributed by atoms with Crippen LogP contribution in [0.1, 0.15) is 42.0 Å². The number of amides is 1. The summed E-state index contributed by atoms with van der Waals surface area (Å²) in [7, 11) is 0. The molecule has 0 aromatic heterocycles. The zero-order valence-corrected chi connectivity index (χ0v) is 15.4. The minimum absolute atomic E-state index is 0.0877. The summed E-state index contributed by atoms with van der Waals surface area (Å²) < 4.78 is 10.8. The van der Waals surface area contributed by atoms with Crippen LogP contribution in [0.5, 0.6) is 11.5 Å². The van der Waals surface area contributed by atoms with E-state index in [-0.39, 0.29) is 31.6 Å². The number of aryl methyl sites for hydroxylation is 1. The number of carboxylic acid groups (broad SMARTS) is 1. The van der Waals surface area contributed by atoms with Gasteiger partial charge in [-0.3, -0.25) is 9.59 Å². The molecule has 0 radical (unpaired) electrons. The lowest BCUT2D eigenvalue weighted by Crippen LogP contribution is -2.27. The Morgan fingerprint density at radius 2 is 1.86 bits per heavy atom. The van der Waals surface area contributed by atoms with E-state index >= 15 is 0 Å². The standard InChI is InChI=1S/C21H20N2O5/c1-13-2-4-14(5-3-13)17-11-16(22-23(17)20(24)8-9-21(25)26)15-6-7-18-19(10-15)28-12-27-18/h2-7,10,17H,8-9,11-12H2,1H3,(H,25,26)/t17-/m1/s1. The fourth-order valence-corrected chi connectivity index (χ4v) is 3.37. The number of nitrogens with zero attached hydrogens (tertiary/aromatic N) is 2. The summed E-state index contributed by atoms with van der Waals surface area (Å²) in [5.41, 5.74) is 3.71. The van der Waals surface area contributed by atoms with Crippen LogP contribution in [0.3, 0.4) is 0 Å². The highest BCUT2D eigenvalue weighted by Crippen LogP contribution is 2.37. The van der Waals surface area contributed by atoms with E-state index in [0.29, 0.717) is 17.9 Å². The second kappa shape index (κ2) is 7.34. The SMILES string of the molecule is Cc1ccc([C@H]2CC(c3ccc4c(c3)OCO4)=NN2C(=O)CCC(=O)O)cc1. The summed E-state index contributed by atoms with van der Waals surface area (Å²) in [6.45, 7) is 2.19. The van der Waals surface area contributed by atoms with Gasteiger partial charge in [-0.1, -0.05) is 29.8 Å². The Morgan fingerprint density at radius 3 is 2.61 bits per heavy atom. The molecule has 2 aliphatic rings. The number of hydrogen-bond acceptors (Lipinski definition) is 5. The molecule has 0 aliphatic carbocycles. The molecule has 1 amide bonds. The van der Waals surface area contributed by atoms with Gasteiger partial charge in [0.2, 0.25) is 12.7 Å². The lowest BCUT2D eigenvalue weighted by atomic mass is 9.97. The lowest BCUT2D eigenvalue weighted by Gasteiger charge is -2.22. The van der Waals surface area contributed by atoms with E-state index in [9.17, 15) is 9.59 Å². The van der Waals surface area contributed by atoms with Gasteiger partial charge < -0.3 is 14.6 Å². The van der Waals surface area contributed by atoms with Gasteiger partial charge in [-0.05, 0) is 30.7 Å². The third-order valence-corrected chi connectivity index (χ3v) is 4.89. The van der Waals surface area contributed by atoms with Crippen LogP contribution in [0.15, 0.2) is 47.6 Å². The van der Waals surface area contributed by atoms with Crippen LogP contribution in [0, 0.1) is 6.92 Å².